The Morgan fingerprint density at radius 1 is 1.03 bits per heavy atom. The van der Waals surface area contributed by atoms with Gasteiger partial charge >= 0.3 is 0 Å². The van der Waals surface area contributed by atoms with Crippen molar-refractivity contribution in [3.05, 3.63) is 76.9 Å². The number of rotatable bonds is 6. The average Bonchev–Trinajstić information content (AvgIpc) is 3.43. The van der Waals surface area contributed by atoms with Gasteiger partial charge in [0.25, 0.3) is 0 Å². The van der Waals surface area contributed by atoms with Crippen LogP contribution < -0.4 is 4.90 Å². The van der Waals surface area contributed by atoms with Crippen molar-refractivity contribution in [1.82, 2.24) is 14.3 Å². The molecule has 1 aromatic carbocycles. The molecule has 2 unspecified atom stereocenters. The first-order chi connectivity index (χ1) is 14.2. The maximum atomic E-state index is 4.82. The van der Waals surface area contributed by atoms with Crippen molar-refractivity contribution in [2.24, 2.45) is 11.3 Å². The molecule has 0 spiro atoms. The molecule has 2 aromatic heterocycles. The first-order valence-corrected chi connectivity index (χ1v) is 11.3. The lowest BCUT2D eigenvalue weighted by atomic mass is 9.76. The molecule has 2 atom stereocenters. The van der Waals surface area contributed by atoms with Crippen LogP contribution in [0, 0.1) is 18.3 Å². The van der Waals surface area contributed by atoms with Gasteiger partial charge in [-0.15, -0.1) is 0 Å². The predicted octanol–water partition coefficient (Wildman–Crippen LogP) is 4.42. The predicted molar refractivity (Wildman–Crippen MR) is 119 cm³/mol. The highest BCUT2D eigenvalue weighted by atomic mass is 32.1. The van der Waals surface area contributed by atoms with Crippen molar-refractivity contribution in [3.8, 4) is 0 Å². The lowest BCUT2D eigenvalue weighted by Gasteiger charge is -2.30. The molecule has 0 bridgehead atoms. The van der Waals surface area contributed by atoms with Gasteiger partial charge in [-0.05, 0) is 61.0 Å². The van der Waals surface area contributed by atoms with Gasteiger partial charge in [-0.25, -0.2) is 9.36 Å². The van der Waals surface area contributed by atoms with E-state index in [0.717, 1.165) is 37.6 Å². The topological polar surface area (TPSA) is 32.3 Å². The zero-order valence-electron chi connectivity index (χ0n) is 17.0. The molecule has 0 saturated carbocycles. The third-order valence-electron chi connectivity index (χ3n) is 6.65. The molecule has 5 rings (SSSR count). The molecule has 4 nitrogen and oxygen atoms in total. The molecular weight excluding hydrogens is 376 g/mol. The molecule has 2 fully saturated rings. The number of likely N-dealkylation sites (tertiary alicyclic amines) is 1. The number of hydrogen-bond donors (Lipinski definition) is 0. The van der Waals surface area contributed by atoms with Gasteiger partial charge in [0.2, 0.25) is 0 Å². The summed E-state index contributed by atoms with van der Waals surface area (Å²) in [6.07, 6.45) is 4.32. The van der Waals surface area contributed by atoms with Crippen molar-refractivity contribution < 1.29 is 0 Å². The minimum Gasteiger partial charge on any atom is -0.356 e. The number of hydrogen-bond acceptors (Lipinski definition) is 5. The summed E-state index contributed by atoms with van der Waals surface area (Å²) in [6.45, 7) is 7.70. The van der Waals surface area contributed by atoms with Crippen LogP contribution in [0.25, 0.3) is 0 Å². The SMILES string of the molecule is Cc1cccc(N2CC3CN(Cc4ccns4)CC3(CCc3ccccc3)C2)n1. The fraction of sp³-hybridized carbons (Fsp3) is 0.417. The highest BCUT2D eigenvalue weighted by Gasteiger charge is 2.52. The first kappa shape index (κ1) is 18.8. The smallest absolute Gasteiger partial charge is 0.128 e. The van der Waals surface area contributed by atoms with Crippen LogP contribution in [0.3, 0.4) is 0 Å². The molecule has 0 N–H and O–H groups in total. The molecule has 29 heavy (non-hydrogen) atoms. The second-order valence-electron chi connectivity index (χ2n) is 8.71. The van der Waals surface area contributed by atoms with E-state index >= 15 is 0 Å². The van der Waals surface area contributed by atoms with Crippen LogP contribution in [0.15, 0.2) is 60.8 Å². The van der Waals surface area contributed by atoms with Crippen LogP contribution in [0.4, 0.5) is 5.82 Å². The lowest BCUT2D eigenvalue weighted by Crippen LogP contribution is -2.35. The maximum Gasteiger partial charge on any atom is 0.128 e. The third kappa shape index (κ3) is 3.94. The quantitative estimate of drug-likeness (QED) is 0.609. The third-order valence-corrected chi connectivity index (χ3v) is 7.38. The van der Waals surface area contributed by atoms with Gasteiger partial charge in [-0.3, -0.25) is 4.90 Å². The van der Waals surface area contributed by atoms with E-state index in [1.807, 2.05) is 6.20 Å². The summed E-state index contributed by atoms with van der Waals surface area (Å²) in [5.74, 6) is 1.84. The minimum absolute atomic E-state index is 0.339. The standard InChI is InChI=1S/C24H28N4S/c1-19-6-5-9-23(26-19)28-15-21-14-27(16-22-11-13-25-29-22)17-24(21,18-28)12-10-20-7-3-2-4-8-20/h2-9,11,13,21H,10,12,14-18H2,1H3. The molecule has 0 amide bonds. The van der Waals surface area contributed by atoms with E-state index < -0.39 is 0 Å². The summed E-state index contributed by atoms with van der Waals surface area (Å²) in [7, 11) is 0. The zero-order chi connectivity index (χ0) is 19.7. The van der Waals surface area contributed by atoms with E-state index in [-0.39, 0.29) is 0 Å². The number of pyridine rings is 1. The van der Waals surface area contributed by atoms with E-state index in [2.05, 4.69) is 75.7 Å². The Hall–Kier alpha value is -2.24. The summed E-state index contributed by atoms with van der Waals surface area (Å²) in [4.78, 5) is 11.4. The summed E-state index contributed by atoms with van der Waals surface area (Å²) in [6, 6.07) is 19.5. The number of benzene rings is 1. The fourth-order valence-corrected chi connectivity index (χ4v) is 5.85. The van der Waals surface area contributed by atoms with Crippen LogP contribution in [0.5, 0.6) is 0 Å². The van der Waals surface area contributed by atoms with E-state index in [1.165, 1.54) is 30.0 Å². The summed E-state index contributed by atoms with van der Waals surface area (Å²) in [5.41, 5.74) is 2.89. The van der Waals surface area contributed by atoms with Crippen molar-refractivity contribution in [1.29, 1.82) is 0 Å². The molecule has 5 heteroatoms. The number of aromatic nitrogens is 2. The van der Waals surface area contributed by atoms with Crippen molar-refractivity contribution in [2.45, 2.75) is 26.3 Å². The van der Waals surface area contributed by atoms with Crippen LogP contribution in [-0.2, 0) is 13.0 Å². The number of nitrogens with zero attached hydrogens (tertiary/aromatic N) is 4. The highest BCUT2D eigenvalue weighted by Crippen LogP contribution is 2.47. The summed E-state index contributed by atoms with van der Waals surface area (Å²) >= 11 is 1.63. The van der Waals surface area contributed by atoms with Gasteiger partial charge in [0.15, 0.2) is 0 Å². The molecule has 0 radical (unpaired) electrons. The zero-order valence-corrected chi connectivity index (χ0v) is 17.8. The fourth-order valence-electron chi connectivity index (χ4n) is 5.23. The Labute approximate surface area is 177 Å². The van der Waals surface area contributed by atoms with E-state index in [9.17, 15) is 0 Å². The Kier molecular flexibility index (Phi) is 5.10. The van der Waals surface area contributed by atoms with Crippen molar-refractivity contribution in [3.63, 3.8) is 0 Å². The molecule has 2 aliphatic heterocycles. The van der Waals surface area contributed by atoms with Gasteiger partial charge < -0.3 is 4.90 Å². The molecule has 150 valence electrons. The number of aryl methyl sites for hydroxylation is 2. The Bertz CT molecular complexity index is 943. The molecule has 4 heterocycles. The van der Waals surface area contributed by atoms with Crippen LogP contribution >= 0.6 is 11.5 Å². The largest absolute Gasteiger partial charge is 0.356 e. The number of fused-ring (bicyclic) bond motifs is 1. The summed E-state index contributed by atoms with van der Waals surface area (Å²) in [5, 5.41) is 0. The first-order valence-electron chi connectivity index (χ1n) is 10.5. The molecular formula is C24H28N4S. The molecule has 0 aliphatic carbocycles. The van der Waals surface area contributed by atoms with Gasteiger partial charge in [0.05, 0.1) is 0 Å². The Morgan fingerprint density at radius 3 is 2.72 bits per heavy atom. The molecule has 3 aromatic rings. The Morgan fingerprint density at radius 2 is 1.93 bits per heavy atom. The van der Waals surface area contributed by atoms with Gasteiger partial charge in [-0.2, -0.15) is 0 Å². The van der Waals surface area contributed by atoms with Gasteiger partial charge in [0.1, 0.15) is 5.82 Å². The summed E-state index contributed by atoms with van der Waals surface area (Å²) < 4.78 is 4.29. The Balaban J connectivity index is 1.36. The van der Waals surface area contributed by atoms with Crippen LogP contribution in [0.2, 0.25) is 0 Å². The molecule has 2 aliphatic rings. The van der Waals surface area contributed by atoms with Gasteiger partial charge in [-0.1, -0.05) is 36.4 Å². The van der Waals surface area contributed by atoms with E-state index in [0.29, 0.717) is 11.3 Å². The minimum atomic E-state index is 0.339. The second kappa shape index (κ2) is 7.88. The number of anilines is 1. The monoisotopic (exact) mass is 404 g/mol. The van der Waals surface area contributed by atoms with E-state index in [4.69, 9.17) is 4.98 Å². The average molecular weight is 405 g/mol. The second-order valence-corrected chi connectivity index (χ2v) is 9.63. The van der Waals surface area contributed by atoms with Gasteiger partial charge in [0, 0.05) is 54.9 Å². The maximum absolute atomic E-state index is 4.82. The van der Waals surface area contributed by atoms with Crippen LogP contribution in [-0.4, -0.2) is 40.4 Å². The van der Waals surface area contributed by atoms with Crippen LogP contribution in [0.1, 0.15) is 22.6 Å². The van der Waals surface area contributed by atoms with Crippen molar-refractivity contribution >= 4 is 17.4 Å². The van der Waals surface area contributed by atoms with E-state index in [1.54, 1.807) is 11.5 Å². The highest BCUT2D eigenvalue weighted by molar-refractivity contribution is 7.05. The lowest BCUT2D eigenvalue weighted by molar-refractivity contribution is 0.241. The normalized spacial score (nSPS) is 24.2. The van der Waals surface area contributed by atoms with Crippen molar-refractivity contribution in [2.75, 3.05) is 31.1 Å². The molecule has 2 saturated heterocycles.